The number of carbonyl (C=O) groups excluding carboxylic acids is 2. The van der Waals surface area contributed by atoms with Crippen LogP contribution in [0.2, 0.25) is 0 Å². The number of nitrogens with one attached hydrogen (secondary N) is 2. The lowest BCUT2D eigenvalue weighted by atomic mass is 9.96. The van der Waals surface area contributed by atoms with Crippen molar-refractivity contribution in [2.45, 2.75) is 46.0 Å². The largest absolute Gasteiger partial charge is 0.354 e. The molecule has 2 rings (SSSR count). The maximum atomic E-state index is 12.5. The minimum atomic E-state index is -0.134. The lowest BCUT2D eigenvalue weighted by Gasteiger charge is -2.10. The normalized spacial score (nSPS) is 14.6. The molecule has 0 radical (unpaired) electrons. The molecule has 5 heteroatoms. The molecule has 124 valence electrons. The molecule has 0 atom stereocenters. The van der Waals surface area contributed by atoms with Gasteiger partial charge in [0.1, 0.15) is 0 Å². The fourth-order valence-electron chi connectivity index (χ4n) is 2.77. The zero-order chi connectivity index (χ0) is 16.7. The number of aryl methyl sites for hydroxylation is 1. The van der Waals surface area contributed by atoms with Crippen LogP contribution >= 0.6 is 11.3 Å². The number of allylic oxidation sites excluding steroid dienone is 3. The lowest BCUT2D eigenvalue weighted by molar-refractivity contribution is -0.113. The molecule has 0 aromatic carbocycles. The van der Waals surface area contributed by atoms with Gasteiger partial charge in [0.05, 0.1) is 5.00 Å². The highest BCUT2D eigenvalue weighted by Crippen LogP contribution is 2.37. The van der Waals surface area contributed by atoms with Crippen LogP contribution in [-0.2, 0) is 22.4 Å². The number of carbonyl (C=O) groups is 2. The van der Waals surface area contributed by atoms with Crippen molar-refractivity contribution in [3.8, 4) is 0 Å². The van der Waals surface area contributed by atoms with Crippen LogP contribution in [0, 0.1) is 6.92 Å². The first-order chi connectivity index (χ1) is 11.2. The van der Waals surface area contributed by atoms with Crippen molar-refractivity contribution in [3.63, 3.8) is 0 Å². The van der Waals surface area contributed by atoms with Gasteiger partial charge in [-0.15, -0.1) is 11.3 Å². The summed E-state index contributed by atoms with van der Waals surface area (Å²) in [6, 6.07) is 0. The van der Waals surface area contributed by atoms with E-state index in [0.717, 1.165) is 17.8 Å². The number of fused-ring (bicyclic) bond motifs is 1. The number of hydrogen-bond acceptors (Lipinski definition) is 3. The third kappa shape index (κ3) is 4.55. The van der Waals surface area contributed by atoms with Crippen LogP contribution in [-0.4, -0.2) is 18.9 Å². The van der Waals surface area contributed by atoms with E-state index in [1.165, 1.54) is 28.8 Å². The molecule has 0 saturated heterocycles. The molecule has 1 aromatic heterocycles. The van der Waals surface area contributed by atoms with Crippen molar-refractivity contribution in [2.75, 3.05) is 11.9 Å². The predicted octanol–water partition coefficient (Wildman–Crippen LogP) is 3.51. The van der Waals surface area contributed by atoms with E-state index >= 15 is 0 Å². The second-order valence-electron chi connectivity index (χ2n) is 5.65. The maximum Gasteiger partial charge on any atom is 0.253 e. The maximum absolute atomic E-state index is 12.5. The first kappa shape index (κ1) is 17.5. The van der Waals surface area contributed by atoms with Crippen LogP contribution in [0.5, 0.6) is 0 Å². The van der Waals surface area contributed by atoms with Crippen LogP contribution in [0.25, 0.3) is 0 Å². The first-order valence-electron chi connectivity index (χ1n) is 8.07. The number of rotatable bonds is 7. The number of hydrogen-bond donors (Lipinski definition) is 2. The standard InChI is InChI=1S/C18H24N2O2S/c1-3-4-5-8-14(11-19-12-21)17(22)20-18-13(2)15-9-6-7-10-16(15)23-18/h3-4,8,12H,5-7,9-11H2,1-2H3,(H,19,21)(H,20,22)/b4-3-,14-8+. The minimum absolute atomic E-state index is 0.134. The number of thiophene rings is 1. The Morgan fingerprint density at radius 1 is 1.30 bits per heavy atom. The monoisotopic (exact) mass is 332 g/mol. The van der Waals surface area contributed by atoms with Crippen LogP contribution in [0.1, 0.15) is 42.2 Å². The molecule has 1 aromatic rings. The van der Waals surface area contributed by atoms with Gasteiger partial charge < -0.3 is 10.6 Å². The van der Waals surface area contributed by atoms with Gasteiger partial charge in [-0.1, -0.05) is 18.2 Å². The van der Waals surface area contributed by atoms with E-state index in [1.54, 1.807) is 11.3 Å². The summed E-state index contributed by atoms with van der Waals surface area (Å²) in [5.74, 6) is -0.134. The second kappa shape index (κ2) is 8.67. The number of anilines is 1. The van der Waals surface area contributed by atoms with E-state index in [0.29, 0.717) is 18.4 Å². The Hall–Kier alpha value is -1.88. The van der Waals surface area contributed by atoms with Gasteiger partial charge in [-0.2, -0.15) is 0 Å². The summed E-state index contributed by atoms with van der Waals surface area (Å²) in [7, 11) is 0. The average Bonchev–Trinajstić information content (AvgIpc) is 2.87. The molecule has 2 N–H and O–H groups in total. The highest BCUT2D eigenvalue weighted by Gasteiger charge is 2.20. The van der Waals surface area contributed by atoms with Crippen LogP contribution < -0.4 is 10.6 Å². The SMILES string of the molecule is C/C=C\C/C=C(\CNC=O)C(=O)Nc1sc2c(c1C)CCCC2. The molecule has 4 nitrogen and oxygen atoms in total. The summed E-state index contributed by atoms with van der Waals surface area (Å²) in [5, 5.41) is 6.56. The molecular formula is C18H24N2O2S. The van der Waals surface area contributed by atoms with E-state index in [-0.39, 0.29) is 12.5 Å². The van der Waals surface area contributed by atoms with Crippen LogP contribution in [0.4, 0.5) is 5.00 Å². The van der Waals surface area contributed by atoms with Crippen LogP contribution in [0.15, 0.2) is 23.8 Å². The molecule has 0 unspecified atom stereocenters. The van der Waals surface area contributed by atoms with Gasteiger partial charge in [0.2, 0.25) is 6.41 Å². The smallest absolute Gasteiger partial charge is 0.253 e. The van der Waals surface area contributed by atoms with Gasteiger partial charge in [0.15, 0.2) is 0 Å². The van der Waals surface area contributed by atoms with Crippen molar-refractivity contribution in [1.82, 2.24) is 5.32 Å². The summed E-state index contributed by atoms with van der Waals surface area (Å²) in [6.07, 6.45) is 11.8. The Bertz CT molecular complexity index is 629. The zero-order valence-corrected chi connectivity index (χ0v) is 14.6. The molecule has 0 saturated carbocycles. The van der Waals surface area contributed by atoms with E-state index in [1.807, 2.05) is 25.2 Å². The summed E-state index contributed by atoms with van der Waals surface area (Å²) in [4.78, 5) is 24.5. The fraction of sp³-hybridized carbons (Fsp3) is 0.444. The summed E-state index contributed by atoms with van der Waals surface area (Å²) in [5.41, 5.74) is 3.21. The molecule has 23 heavy (non-hydrogen) atoms. The Balaban J connectivity index is 2.12. The molecule has 0 aliphatic heterocycles. The lowest BCUT2D eigenvalue weighted by Crippen LogP contribution is -2.24. The van der Waals surface area contributed by atoms with E-state index in [4.69, 9.17) is 0 Å². The summed E-state index contributed by atoms with van der Waals surface area (Å²) < 4.78 is 0. The summed E-state index contributed by atoms with van der Waals surface area (Å²) >= 11 is 1.70. The van der Waals surface area contributed by atoms with Gasteiger partial charge in [-0.3, -0.25) is 9.59 Å². The van der Waals surface area contributed by atoms with Crippen molar-refractivity contribution in [1.29, 1.82) is 0 Å². The molecule has 1 aliphatic carbocycles. The van der Waals surface area contributed by atoms with Crippen molar-refractivity contribution in [2.24, 2.45) is 0 Å². The third-order valence-corrected chi connectivity index (χ3v) is 5.38. The minimum Gasteiger partial charge on any atom is -0.354 e. The van der Waals surface area contributed by atoms with Gasteiger partial charge in [-0.05, 0) is 57.1 Å². The van der Waals surface area contributed by atoms with Crippen molar-refractivity contribution in [3.05, 3.63) is 39.8 Å². The van der Waals surface area contributed by atoms with Gasteiger partial charge in [-0.25, -0.2) is 0 Å². The molecule has 0 bridgehead atoms. The topological polar surface area (TPSA) is 58.2 Å². The number of amides is 2. The molecular weight excluding hydrogens is 308 g/mol. The van der Waals surface area contributed by atoms with E-state index < -0.39 is 0 Å². The van der Waals surface area contributed by atoms with Gasteiger partial charge in [0, 0.05) is 17.0 Å². The first-order valence-corrected chi connectivity index (χ1v) is 8.88. The van der Waals surface area contributed by atoms with Gasteiger partial charge in [0.25, 0.3) is 5.91 Å². The highest BCUT2D eigenvalue weighted by atomic mass is 32.1. The molecule has 0 spiro atoms. The Morgan fingerprint density at radius 2 is 2.09 bits per heavy atom. The molecule has 1 aliphatic rings. The van der Waals surface area contributed by atoms with Crippen molar-refractivity contribution < 1.29 is 9.59 Å². The van der Waals surface area contributed by atoms with Crippen molar-refractivity contribution >= 4 is 28.7 Å². The van der Waals surface area contributed by atoms with E-state index in [2.05, 4.69) is 17.6 Å². The fourth-order valence-corrected chi connectivity index (χ4v) is 4.06. The van der Waals surface area contributed by atoms with Crippen LogP contribution in [0.3, 0.4) is 0 Å². The Labute approximate surface area is 141 Å². The third-order valence-electron chi connectivity index (χ3n) is 4.07. The zero-order valence-electron chi connectivity index (χ0n) is 13.8. The van der Waals surface area contributed by atoms with Gasteiger partial charge >= 0.3 is 0 Å². The second-order valence-corrected chi connectivity index (χ2v) is 6.76. The molecule has 0 fully saturated rings. The Kier molecular flexibility index (Phi) is 6.59. The average molecular weight is 332 g/mol. The summed E-state index contributed by atoms with van der Waals surface area (Å²) in [6.45, 7) is 4.27. The van der Waals surface area contributed by atoms with E-state index in [9.17, 15) is 9.59 Å². The molecule has 2 amide bonds. The highest BCUT2D eigenvalue weighted by molar-refractivity contribution is 7.16. The molecule has 1 heterocycles. The predicted molar refractivity (Wildman–Crippen MR) is 95.9 cm³/mol. The Morgan fingerprint density at radius 3 is 2.78 bits per heavy atom. The quantitative estimate of drug-likeness (QED) is 0.456.